The Bertz CT molecular complexity index is 5150. The van der Waals surface area contributed by atoms with Crippen LogP contribution in [0.2, 0.25) is 10.0 Å². The van der Waals surface area contributed by atoms with Crippen LogP contribution >= 0.6 is 23.2 Å². The van der Waals surface area contributed by atoms with Gasteiger partial charge >= 0.3 is 0 Å². The molecule has 0 spiro atoms. The molecule has 1 heterocycles. The number of aliphatic hydroxyl groups is 1. The van der Waals surface area contributed by atoms with E-state index in [1.165, 1.54) is 21.8 Å². The molecule has 9 amide bonds. The van der Waals surface area contributed by atoms with Crippen LogP contribution in [0.4, 0.5) is 51.2 Å². The maximum absolute atomic E-state index is 12.4. The summed E-state index contributed by atoms with van der Waals surface area (Å²) < 4.78 is 5.58. The van der Waals surface area contributed by atoms with E-state index in [2.05, 4.69) is 97.6 Å². The Morgan fingerprint density at radius 1 is 0.390 bits per heavy atom. The fraction of sp³-hybridized carbons (Fsp3) is 0.400. The summed E-state index contributed by atoms with van der Waals surface area (Å²) >= 11 is 11.7. The average Bonchev–Trinajstić information content (AvgIpc) is 0.813. The van der Waals surface area contributed by atoms with Crippen LogP contribution in [-0.4, -0.2) is 267 Å². The number of anilines is 9. The van der Waals surface area contributed by atoms with Gasteiger partial charge in [0.15, 0.2) is 0 Å². The second-order valence-electron chi connectivity index (χ2n) is 34.0. The predicted octanol–water partition coefficient (Wildman–Crippen LogP) is 17.5. The van der Waals surface area contributed by atoms with Crippen LogP contribution in [0, 0.1) is 6.92 Å². The molecule has 1 atom stereocenters. The number of rotatable bonds is 26. The van der Waals surface area contributed by atoms with Crippen molar-refractivity contribution in [3.05, 3.63) is 265 Å². The Morgan fingerprint density at radius 2 is 0.757 bits per heavy atom. The van der Waals surface area contributed by atoms with E-state index in [1.54, 1.807) is 135 Å². The van der Waals surface area contributed by atoms with Crippen LogP contribution in [0.5, 0.6) is 0 Å². The fourth-order valence-electron chi connectivity index (χ4n) is 12.6. The summed E-state index contributed by atoms with van der Waals surface area (Å²) in [6.07, 6.45) is 4.51. The van der Waals surface area contributed by atoms with Crippen molar-refractivity contribution in [1.82, 2.24) is 45.8 Å². The van der Waals surface area contributed by atoms with Gasteiger partial charge in [-0.05, 0) is 248 Å². The highest BCUT2D eigenvalue weighted by molar-refractivity contribution is 6.31. The van der Waals surface area contributed by atoms with E-state index in [1.807, 2.05) is 241 Å². The van der Waals surface area contributed by atoms with Gasteiger partial charge in [-0.3, -0.25) is 43.2 Å². The number of halogens is 2. The molecule has 136 heavy (non-hydrogen) atoms. The minimum atomic E-state index is -0.202. The van der Waals surface area contributed by atoms with Crippen LogP contribution in [0.15, 0.2) is 194 Å². The molecule has 9 aromatic carbocycles. The molecule has 9 aromatic rings. The topological polar surface area (TPSA) is 347 Å². The Hall–Kier alpha value is -13.1. The number of nitrogens with one attached hydrogen (secondary N) is 12. The second kappa shape index (κ2) is 62.5. The van der Waals surface area contributed by atoms with Crippen molar-refractivity contribution in [3.8, 4) is 0 Å². The molecule has 0 radical (unpaired) electrons. The maximum Gasteiger partial charge on any atom is 0.253 e. The molecule has 0 aromatic heterocycles. The summed E-state index contributed by atoms with van der Waals surface area (Å²) in [6, 6.07) is 59.3. The third-order valence-electron chi connectivity index (χ3n) is 20.3. The molecular formula is C105H152Cl2N18O11. The summed E-state index contributed by atoms with van der Waals surface area (Å²) in [6.45, 7) is 24.4. The van der Waals surface area contributed by atoms with Gasteiger partial charge < -0.3 is 103 Å². The highest BCUT2D eigenvalue weighted by Crippen LogP contribution is 2.29. The monoisotopic (exact) mass is 1910 g/mol. The lowest BCUT2D eigenvalue weighted by Gasteiger charge is -2.23. The summed E-state index contributed by atoms with van der Waals surface area (Å²) in [5.41, 5.74) is 16.5. The Labute approximate surface area is 819 Å². The third-order valence-corrected chi connectivity index (χ3v) is 20.8. The quantitative estimate of drug-likeness (QED) is 0.0239. The molecule has 10 rings (SSSR count). The molecule has 1 unspecified atom stereocenters. The summed E-state index contributed by atoms with van der Waals surface area (Å²) in [5, 5.41) is 44.9. The van der Waals surface area contributed by atoms with Crippen LogP contribution in [0.3, 0.4) is 0 Å². The molecule has 0 saturated carbocycles. The number of aliphatic hydroxyl groups excluding tert-OH is 1. The molecule has 1 aliphatic rings. The molecule has 1 aliphatic heterocycles. The van der Waals surface area contributed by atoms with E-state index in [-0.39, 0.29) is 76.8 Å². The number of amides is 9. The summed E-state index contributed by atoms with van der Waals surface area (Å²) in [4.78, 5) is 116. The minimum absolute atomic E-state index is 0.0199. The third kappa shape index (κ3) is 43.9. The largest absolute Gasteiger partial charge is 0.395 e. The first kappa shape index (κ1) is 119. The van der Waals surface area contributed by atoms with Gasteiger partial charge in [0.25, 0.3) is 53.2 Å². The van der Waals surface area contributed by atoms with Crippen molar-refractivity contribution in [2.75, 3.05) is 220 Å². The van der Waals surface area contributed by atoms with E-state index >= 15 is 0 Å². The lowest BCUT2D eigenvalue weighted by Crippen LogP contribution is -2.40. The zero-order chi connectivity index (χ0) is 103. The van der Waals surface area contributed by atoms with E-state index in [0.717, 1.165) is 119 Å². The van der Waals surface area contributed by atoms with E-state index < -0.39 is 0 Å². The second-order valence-corrected chi connectivity index (χ2v) is 34.8. The van der Waals surface area contributed by atoms with Gasteiger partial charge in [0.1, 0.15) is 0 Å². The van der Waals surface area contributed by atoms with Crippen LogP contribution in [-0.2, 0) is 10.2 Å². The Morgan fingerprint density at radius 3 is 1.16 bits per heavy atom. The standard InChI is InChI=1S/C16H26N2O.C14H20N2O2.2C12H18N2O.C11H16N2O2.C11H16N2O.C10H13ClN2O.C10H14N2O.C9H11ClN2O/c1-7-8-18(6)15(19)12-9-13(16(2,3)4)11-14(10-12)17-5;1-15-12-6-4-5-11(9-12)14(17)16-10-13-7-2-3-8-18-13;1-12(2,3)14-11(15)9-6-5-7-10(8-9)13-4;1-4-14(5-2)12(15)10-7-6-8-11(9-10)13-3;1-12-10-5-3-4-9(8-10)11(15)13(2)6-7-14;1-8-5-9(11(14)13(3)4)7-10(6-8)12-2;1-12-9-5-7(4-8(11)6-9)10(14)13(2)3;1-11-10(13)8-5-4-6-9(7-8)12(2)3;1-11-8-4-6(9(13)12-2)3-7(10)5-8/h9-11,17H,7-8H2,1-6H3;4-6,9,13,15H,2-3,7-8,10H2,1H3,(H,16,17);5-8,13H,1-4H3,(H,14,15);6-9,13H,4-5H2,1-3H3;3-5,8,12,14H,6-7H2,1-2H3;5-7,12H,1-4H3;4-6,12H,1-3H3;4-7H,1-3H3,(H,11,13);3-5,11H,1-2H3,(H,12,13). The van der Waals surface area contributed by atoms with Gasteiger partial charge in [0.05, 0.1) is 12.7 Å². The van der Waals surface area contributed by atoms with Crippen molar-refractivity contribution < 1.29 is 53.0 Å². The molecular weight excluding hydrogens is 1760 g/mol. The summed E-state index contributed by atoms with van der Waals surface area (Å²) in [5.74, 6) is -0.194. The van der Waals surface area contributed by atoms with Gasteiger partial charge in [-0.2, -0.15) is 0 Å². The molecule has 0 aliphatic carbocycles. The van der Waals surface area contributed by atoms with Crippen LogP contribution in [0.25, 0.3) is 0 Å². The number of benzene rings is 9. The van der Waals surface area contributed by atoms with Gasteiger partial charge in [-0.25, -0.2) is 0 Å². The number of likely N-dealkylation sites (N-methyl/N-ethyl adjacent to an activating group) is 1. The number of aryl methyl sites for hydroxylation is 1. The van der Waals surface area contributed by atoms with Gasteiger partial charge in [0.2, 0.25) is 0 Å². The molecule has 13 N–H and O–H groups in total. The number of carbonyl (C=O) groups excluding carboxylic acids is 9. The Kier molecular flexibility index (Phi) is 54.6. The fourth-order valence-corrected chi connectivity index (χ4v) is 13.1. The zero-order valence-corrected chi connectivity index (χ0v) is 86.8. The SMILES string of the molecule is CCCN(C)C(=O)c1cc(NC)cc(C(C)(C)C)c1.CCN(CC)C(=O)c1cccc(NC)c1.CNC(=O)c1cc(Cl)cc(NC)c1.CNC(=O)c1cccc(N(C)C)c1.CNc1cc(C)cc(C(=O)N(C)C)c1.CNc1cc(Cl)cc(C(=O)N(C)C)c1.CNc1cccc(C(=O)N(C)CCO)c1.CNc1cccc(C(=O)NC(C)(C)C)c1.CNc1cccc(C(=O)NCC2CCCCO2)c1. The zero-order valence-electron chi connectivity index (χ0n) is 85.3. The van der Waals surface area contributed by atoms with E-state index in [4.69, 9.17) is 33.0 Å². The van der Waals surface area contributed by atoms with Gasteiger partial charge in [-0.1, -0.05) is 81.2 Å². The molecule has 742 valence electrons. The average molecular weight is 1910 g/mol. The highest BCUT2D eigenvalue weighted by atomic mass is 35.5. The van der Waals surface area contributed by atoms with E-state index in [9.17, 15) is 43.2 Å². The Balaban J connectivity index is 0.000000519. The van der Waals surface area contributed by atoms with E-state index in [0.29, 0.717) is 56.5 Å². The van der Waals surface area contributed by atoms with Crippen molar-refractivity contribution >= 4 is 128 Å². The molecule has 0 bridgehead atoms. The van der Waals surface area contributed by atoms with Crippen LogP contribution in [0.1, 0.15) is 192 Å². The highest BCUT2D eigenvalue weighted by Gasteiger charge is 2.22. The maximum atomic E-state index is 12.4. The number of carbonyl (C=O) groups is 9. The molecule has 1 fully saturated rings. The van der Waals surface area contributed by atoms with Gasteiger partial charge in [-0.15, -0.1) is 0 Å². The molecule has 31 heteroatoms. The minimum Gasteiger partial charge on any atom is -0.395 e. The van der Waals surface area contributed by atoms with Crippen molar-refractivity contribution in [2.45, 2.75) is 112 Å². The first-order chi connectivity index (χ1) is 64.3. The lowest BCUT2D eigenvalue weighted by atomic mass is 9.85. The first-order valence-corrected chi connectivity index (χ1v) is 46.1. The number of nitrogens with zero attached hydrogens (tertiary/aromatic N) is 6. The number of ether oxygens (including phenoxy) is 1. The first-order valence-electron chi connectivity index (χ1n) is 45.3. The van der Waals surface area contributed by atoms with Crippen LogP contribution < -0.4 is 68.7 Å². The normalized spacial score (nSPS) is 11.3. The molecule has 1 saturated heterocycles. The molecule has 29 nitrogen and oxygen atoms in total. The number of hydrogen-bond donors (Lipinski definition) is 13. The van der Waals surface area contributed by atoms with Gasteiger partial charge in [0, 0.05) is 283 Å². The summed E-state index contributed by atoms with van der Waals surface area (Å²) in [7, 11) is 32.2. The van der Waals surface area contributed by atoms with Crippen molar-refractivity contribution in [2.24, 2.45) is 0 Å². The number of hydrogen-bond acceptors (Lipinski definition) is 20. The lowest BCUT2D eigenvalue weighted by molar-refractivity contribution is 0.0169. The van der Waals surface area contributed by atoms with Crippen molar-refractivity contribution in [3.63, 3.8) is 0 Å². The smallest absolute Gasteiger partial charge is 0.253 e. The predicted molar refractivity (Wildman–Crippen MR) is 567 cm³/mol. The van der Waals surface area contributed by atoms with Crippen molar-refractivity contribution in [1.29, 1.82) is 0 Å².